The van der Waals surface area contributed by atoms with E-state index in [0.29, 0.717) is 6.04 Å². The Morgan fingerprint density at radius 1 is 0.952 bits per heavy atom. The lowest BCUT2D eigenvalue weighted by molar-refractivity contribution is 0.355. The van der Waals surface area contributed by atoms with Gasteiger partial charge in [-0.2, -0.15) is 0 Å². The van der Waals surface area contributed by atoms with Gasteiger partial charge in [0.2, 0.25) is 0 Å². The number of nitrogens with one attached hydrogen (secondary N) is 1. The van der Waals surface area contributed by atoms with Crippen molar-refractivity contribution in [3.05, 3.63) is 53.6 Å². The zero-order chi connectivity index (χ0) is 14.7. The molecule has 1 radical (unpaired) electrons. The van der Waals surface area contributed by atoms with Crippen LogP contribution in [-0.2, 0) is 5.11 Å². The van der Waals surface area contributed by atoms with Gasteiger partial charge in [0.25, 0.3) is 0 Å². The van der Waals surface area contributed by atoms with Crippen molar-refractivity contribution in [2.24, 2.45) is 0 Å². The van der Waals surface area contributed by atoms with Crippen LogP contribution in [0.5, 0.6) is 5.75 Å². The molecule has 1 aliphatic rings. The van der Waals surface area contributed by atoms with E-state index in [-0.39, 0.29) is 5.75 Å². The molecule has 0 bridgehead atoms. The largest absolute Gasteiger partial charge is 0.382 e. The van der Waals surface area contributed by atoms with Crippen molar-refractivity contribution in [2.45, 2.75) is 18.9 Å². The molecule has 21 heavy (non-hydrogen) atoms. The zero-order valence-electron chi connectivity index (χ0n) is 11.8. The third-order valence-corrected chi connectivity index (χ3v) is 4.16. The summed E-state index contributed by atoms with van der Waals surface area (Å²) in [6, 6.07) is 15.4. The van der Waals surface area contributed by atoms with E-state index in [4.69, 9.17) is 11.6 Å². The number of piperidine rings is 1. The van der Waals surface area contributed by atoms with E-state index in [1.54, 1.807) is 12.1 Å². The van der Waals surface area contributed by atoms with Crippen LogP contribution in [0.2, 0.25) is 5.02 Å². The van der Waals surface area contributed by atoms with Crippen LogP contribution in [0.15, 0.2) is 48.5 Å². The number of halogens is 1. The minimum absolute atomic E-state index is 0.0676. The molecule has 3 rings (SSSR count). The highest BCUT2D eigenvalue weighted by atomic mass is 35.5. The van der Waals surface area contributed by atoms with Crippen molar-refractivity contribution in [2.75, 3.05) is 23.3 Å². The third kappa shape index (κ3) is 3.61. The molecule has 2 aromatic rings. The summed E-state index contributed by atoms with van der Waals surface area (Å²) in [5, 5.41) is 15.5. The fourth-order valence-corrected chi connectivity index (χ4v) is 2.85. The highest BCUT2D eigenvalue weighted by Gasteiger charge is 2.19. The van der Waals surface area contributed by atoms with Crippen LogP contribution < -0.4 is 10.2 Å². The number of hydrogen-bond donors (Lipinski definition) is 1. The van der Waals surface area contributed by atoms with Gasteiger partial charge in [-0.1, -0.05) is 11.6 Å². The molecule has 1 aliphatic heterocycles. The van der Waals surface area contributed by atoms with Crippen LogP contribution in [0.1, 0.15) is 12.8 Å². The molecular weight excluding hydrogens is 284 g/mol. The van der Waals surface area contributed by atoms with Crippen LogP contribution in [0.3, 0.4) is 0 Å². The van der Waals surface area contributed by atoms with E-state index < -0.39 is 0 Å². The Morgan fingerprint density at radius 3 is 2.19 bits per heavy atom. The summed E-state index contributed by atoms with van der Waals surface area (Å²) in [4.78, 5) is 2.33. The Balaban J connectivity index is 1.55. The summed E-state index contributed by atoms with van der Waals surface area (Å²) in [6.07, 6.45) is 2.17. The maximum Gasteiger partial charge on any atom is 0.178 e. The molecule has 0 amide bonds. The topological polar surface area (TPSA) is 35.2 Å². The highest BCUT2D eigenvalue weighted by molar-refractivity contribution is 6.30. The van der Waals surface area contributed by atoms with Gasteiger partial charge in [0.1, 0.15) is 0 Å². The molecule has 1 N–H and O–H groups in total. The standard InChI is InChI=1S/C17H18ClN2O/c18-13-1-3-14(4-2-13)19-15-9-11-20(12-10-15)16-5-7-17(21)8-6-16/h1-8,15,19H,9-12H2. The number of benzene rings is 2. The molecule has 0 unspecified atom stereocenters. The number of rotatable bonds is 3. The summed E-state index contributed by atoms with van der Waals surface area (Å²) in [5.74, 6) is 0.0676. The second-order valence-corrected chi connectivity index (χ2v) is 5.84. The molecule has 4 heteroatoms. The average molecular weight is 302 g/mol. The molecule has 0 spiro atoms. The summed E-state index contributed by atoms with van der Waals surface area (Å²) in [7, 11) is 0. The van der Waals surface area contributed by atoms with E-state index in [1.165, 1.54) is 0 Å². The lowest BCUT2D eigenvalue weighted by Gasteiger charge is -2.34. The van der Waals surface area contributed by atoms with Crippen LogP contribution in [0, 0.1) is 0 Å². The van der Waals surface area contributed by atoms with Crippen molar-refractivity contribution in [3.8, 4) is 5.75 Å². The van der Waals surface area contributed by atoms with Gasteiger partial charge in [-0.3, -0.25) is 5.11 Å². The van der Waals surface area contributed by atoms with Crippen molar-refractivity contribution < 1.29 is 5.11 Å². The quantitative estimate of drug-likeness (QED) is 0.901. The Kier molecular flexibility index (Phi) is 4.20. The van der Waals surface area contributed by atoms with E-state index in [1.807, 2.05) is 36.4 Å². The number of nitrogens with zero attached hydrogens (tertiary/aromatic N) is 1. The van der Waals surface area contributed by atoms with Gasteiger partial charge in [0.15, 0.2) is 5.75 Å². The van der Waals surface area contributed by atoms with E-state index >= 15 is 0 Å². The molecule has 0 saturated carbocycles. The van der Waals surface area contributed by atoms with Crippen LogP contribution in [0.25, 0.3) is 0 Å². The Morgan fingerprint density at radius 2 is 1.57 bits per heavy atom. The van der Waals surface area contributed by atoms with Gasteiger partial charge < -0.3 is 10.2 Å². The Hall–Kier alpha value is -1.87. The molecule has 3 nitrogen and oxygen atoms in total. The van der Waals surface area contributed by atoms with Crippen LogP contribution in [-0.4, -0.2) is 19.1 Å². The fourth-order valence-electron chi connectivity index (χ4n) is 2.72. The second kappa shape index (κ2) is 6.27. The maximum absolute atomic E-state index is 11.1. The summed E-state index contributed by atoms with van der Waals surface area (Å²) >= 11 is 5.90. The maximum atomic E-state index is 11.1. The lowest BCUT2D eigenvalue weighted by atomic mass is 10.0. The predicted octanol–water partition coefficient (Wildman–Crippen LogP) is 4.56. The van der Waals surface area contributed by atoms with Gasteiger partial charge in [-0.15, -0.1) is 0 Å². The molecule has 1 saturated heterocycles. The van der Waals surface area contributed by atoms with Crippen molar-refractivity contribution in [1.29, 1.82) is 0 Å². The molecule has 0 aliphatic carbocycles. The van der Waals surface area contributed by atoms with Gasteiger partial charge in [-0.25, -0.2) is 0 Å². The van der Waals surface area contributed by atoms with Crippen LogP contribution in [0.4, 0.5) is 11.4 Å². The normalized spacial score (nSPS) is 16.0. The van der Waals surface area contributed by atoms with E-state index in [2.05, 4.69) is 10.2 Å². The van der Waals surface area contributed by atoms with E-state index in [0.717, 1.165) is 42.3 Å². The molecule has 0 aromatic heterocycles. The smallest absolute Gasteiger partial charge is 0.178 e. The molecule has 0 atom stereocenters. The first kappa shape index (κ1) is 14.1. The summed E-state index contributed by atoms with van der Waals surface area (Å²) in [6.45, 7) is 2.01. The van der Waals surface area contributed by atoms with Gasteiger partial charge in [0.05, 0.1) is 0 Å². The molecule has 1 fully saturated rings. The first-order chi connectivity index (χ1) is 10.2. The number of hydrogen-bond acceptors (Lipinski definition) is 2. The number of anilines is 2. The van der Waals surface area contributed by atoms with Gasteiger partial charge in [-0.05, 0) is 61.4 Å². The molecule has 109 valence electrons. The van der Waals surface area contributed by atoms with Gasteiger partial charge >= 0.3 is 0 Å². The van der Waals surface area contributed by atoms with E-state index in [9.17, 15) is 5.11 Å². The minimum atomic E-state index is 0.0676. The van der Waals surface area contributed by atoms with Crippen molar-refractivity contribution >= 4 is 23.0 Å². The SMILES string of the molecule is [O]c1ccc(N2CCC(Nc3ccc(Cl)cc3)CC2)cc1. The zero-order valence-corrected chi connectivity index (χ0v) is 12.5. The molecular formula is C17H18ClN2O. The average Bonchev–Trinajstić information content (AvgIpc) is 2.51. The minimum Gasteiger partial charge on any atom is -0.382 e. The first-order valence-electron chi connectivity index (χ1n) is 7.25. The predicted molar refractivity (Wildman–Crippen MR) is 86.9 cm³/mol. The fraction of sp³-hybridized carbons (Fsp3) is 0.294. The van der Waals surface area contributed by atoms with Crippen molar-refractivity contribution in [1.82, 2.24) is 0 Å². The van der Waals surface area contributed by atoms with Gasteiger partial charge in [0, 0.05) is 35.5 Å². The van der Waals surface area contributed by atoms with Crippen molar-refractivity contribution in [3.63, 3.8) is 0 Å². The lowest BCUT2D eigenvalue weighted by Crippen LogP contribution is -2.39. The highest BCUT2D eigenvalue weighted by Crippen LogP contribution is 2.24. The Bertz CT molecular complexity index is 575. The van der Waals surface area contributed by atoms with Crippen LogP contribution >= 0.6 is 11.6 Å². The monoisotopic (exact) mass is 301 g/mol. The molecule has 1 heterocycles. The first-order valence-corrected chi connectivity index (χ1v) is 7.63. The summed E-state index contributed by atoms with van der Waals surface area (Å²) < 4.78 is 0. The summed E-state index contributed by atoms with van der Waals surface area (Å²) in [5.41, 5.74) is 2.26. The third-order valence-electron chi connectivity index (χ3n) is 3.91. The second-order valence-electron chi connectivity index (χ2n) is 5.41. The molecule has 2 aromatic carbocycles. The Labute approximate surface area is 130 Å².